The van der Waals surface area contributed by atoms with E-state index in [9.17, 15) is 14.9 Å². The number of ether oxygens (including phenoxy) is 1. The van der Waals surface area contributed by atoms with E-state index >= 15 is 0 Å². The van der Waals surface area contributed by atoms with E-state index < -0.39 is 10.8 Å². The first-order chi connectivity index (χ1) is 8.45. The molecule has 3 N–H and O–H groups in total. The molecule has 0 atom stereocenters. The summed E-state index contributed by atoms with van der Waals surface area (Å²) in [6.45, 7) is 3.50. The minimum atomic E-state index is -0.558. The van der Waals surface area contributed by atoms with Gasteiger partial charge < -0.3 is 4.74 Å². The predicted molar refractivity (Wildman–Crippen MR) is 65.0 cm³/mol. The molecule has 18 heavy (non-hydrogen) atoms. The second-order valence-electron chi connectivity index (χ2n) is 4.00. The quantitative estimate of drug-likeness (QED) is 0.353. The molecule has 7 nitrogen and oxygen atoms in total. The SMILES string of the molecule is CC(C)c1ccc(OCC(=O)NN)c([N+](=O)[O-])c1. The number of rotatable bonds is 5. The fourth-order valence-corrected chi connectivity index (χ4v) is 1.34. The molecule has 0 aliphatic heterocycles. The third kappa shape index (κ3) is 3.42. The van der Waals surface area contributed by atoms with Gasteiger partial charge in [0, 0.05) is 6.07 Å². The van der Waals surface area contributed by atoms with Crippen LogP contribution in [-0.2, 0) is 4.79 Å². The van der Waals surface area contributed by atoms with Crippen LogP contribution in [0.3, 0.4) is 0 Å². The Balaban J connectivity index is 2.97. The van der Waals surface area contributed by atoms with Crippen molar-refractivity contribution in [3.63, 3.8) is 0 Å². The molecule has 98 valence electrons. The standard InChI is InChI=1S/C11H15N3O4/c1-7(2)8-3-4-10(9(5-8)14(16)17)18-6-11(15)13-12/h3-5,7H,6,12H2,1-2H3,(H,13,15). The maximum Gasteiger partial charge on any atom is 0.311 e. The van der Waals surface area contributed by atoms with Crippen molar-refractivity contribution < 1.29 is 14.5 Å². The van der Waals surface area contributed by atoms with Crippen LogP contribution in [0.15, 0.2) is 18.2 Å². The number of benzene rings is 1. The Kier molecular flexibility index (Phi) is 4.61. The first kappa shape index (κ1) is 13.9. The van der Waals surface area contributed by atoms with E-state index in [4.69, 9.17) is 10.6 Å². The highest BCUT2D eigenvalue weighted by atomic mass is 16.6. The molecule has 0 aromatic heterocycles. The summed E-state index contributed by atoms with van der Waals surface area (Å²) in [5, 5.41) is 10.9. The molecular formula is C11H15N3O4. The average molecular weight is 253 g/mol. The van der Waals surface area contributed by atoms with Gasteiger partial charge in [0.2, 0.25) is 0 Å². The van der Waals surface area contributed by atoms with Crippen molar-refractivity contribution in [2.24, 2.45) is 5.84 Å². The summed E-state index contributed by atoms with van der Waals surface area (Å²) < 4.78 is 5.05. The van der Waals surface area contributed by atoms with Gasteiger partial charge in [-0.1, -0.05) is 19.9 Å². The van der Waals surface area contributed by atoms with Crippen molar-refractivity contribution >= 4 is 11.6 Å². The smallest absolute Gasteiger partial charge is 0.311 e. The Morgan fingerprint density at radius 3 is 2.72 bits per heavy atom. The fourth-order valence-electron chi connectivity index (χ4n) is 1.34. The van der Waals surface area contributed by atoms with E-state index in [-0.39, 0.29) is 24.0 Å². The van der Waals surface area contributed by atoms with Crippen LogP contribution in [0.1, 0.15) is 25.3 Å². The first-order valence-corrected chi connectivity index (χ1v) is 5.36. The average Bonchev–Trinajstić information content (AvgIpc) is 2.35. The zero-order valence-electron chi connectivity index (χ0n) is 10.2. The van der Waals surface area contributed by atoms with E-state index in [1.807, 2.05) is 19.3 Å². The number of carbonyl (C=O) groups is 1. The fraction of sp³-hybridized carbons (Fsp3) is 0.364. The Bertz CT molecular complexity index is 460. The van der Waals surface area contributed by atoms with Gasteiger partial charge in [0.25, 0.3) is 5.91 Å². The number of hydrazine groups is 1. The molecule has 0 radical (unpaired) electrons. The highest BCUT2D eigenvalue weighted by Gasteiger charge is 2.17. The van der Waals surface area contributed by atoms with Gasteiger partial charge in [-0.25, -0.2) is 5.84 Å². The van der Waals surface area contributed by atoms with Crippen molar-refractivity contribution in [3.05, 3.63) is 33.9 Å². The molecule has 1 rings (SSSR count). The highest BCUT2D eigenvalue weighted by molar-refractivity contribution is 5.76. The molecule has 0 aliphatic carbocycles. The number of hydrogen-bond acceptors (Lipinski definition) is 5. The van der Waals surface area contributed by atoms with Gasteiger partial charge in [0.1, 0.15) is 0 Å². The van der Waals surface area contributed by atoms with Crippen molar-refractivity contribution in [2.75, 3.05) is 6.61 Å². The number of amides is 1. The molecule has 0 heterocycles. The van der Waals surface area contributed by atoms with Gasteiger partial charge in [0.05, 0.1) is 4.92 Å². The van der Waals surface area contributed by atoms with Crippen LogP contribution in [-0.4, -0.2) is 17.4 Å². The topological polar surface area (TPSA) is 107 Å². The van der Waals surface area contributed by atoms with Crippen molar-refractivity contribution in [1.29, 1.82) is 0 Å². The summed E-state index contributed by atoms with van der Waals surface area (Å²) in [5.74, 6) is 4.55. The van der Waals surface area contributed by atoms with Crippen molar-refractivity contribution in [3.8, 4) is 5.75 Å². The van der Waals surface area contributed by atoms with Gasteiger partial charge in [0.15, 0.2) is 12.4 Å². The van der Waals surface area contributed by atoms with Crippen LogP contribution in [0.25, 0.3) is 0 Å². The van der Waals surface area contributed by atoms with E-state index in [0.717, 1.165) is 5.56 Å². The Labute approximate surface area is 104 Å². The van der Waals surface area contributed by atoms with Crippen molar-refractivity contribution in [2.45, 2.75) is 19.8 Å². The second-order valence-corrected chi connectivity index (χ2v) is 4.00. The molecule has 7 heteroatoms. The minimum absolute atomic E-state index is 0.0491. The van der Waals surface area contributed by atoms with E-state index in [2.05, 4.69) is 0 Å². The highest BCUT2D eigenvalue weighted by Crippen LogP contribution is 2.30. The number of nitro groups is 1. The number of nitro benzene ring substituents is 1. The maximum atomic E-state index is 10.9. The number of carbonyl (C=O) groups excluding carboxylic acids is 1. The lowest BCUT2D eigenvalue weighted by Gasteiger charge is -2.09. The third-order valence-electron chi connectivity index (χ3n) is 2.37. The number of hydrogen-bond donors (Lipinski definition) is 2. The van der Waals surface area contributed by atoms with Gasteiger partial charge in [-0.3, -0.25) is 20.3 Å². The molecule has 1 amide bonds. The molecule has 1 aromatic carbocycles. The van der Waals surface area contributed by atoms with Gasteiger partial charge >= 0.3 is 5.69 Å². The zero-order valence-corrected chi connectivity index (χ0v) is 10.2. The molecule has 0 bridgehead atoms. The summed E-state index contributed by atoms with van der Waals surface area (Å²) in [7, 11) is 0. The van der Waals surface area contributed by atoms with Gasteiger partial charge in [-0.05, 0) is 17.5 Å². The van der Waals surface area contributed by atoms with E-state index in [1.165, 1.54) is 12.1 Å². The first-order valence-electron chi connectivity index (χ1n) is 5.36. The van der Waals surface area contributed by atoms with Crippen molar-refractivity contribution in [1.82, 2.24) is 5.43 Å². The lowest BCUT2D eigenvalue weighted by molar-refractivity contribution is -0.385. The summed E-state index contributed by atoms with van der Waals surface area (Å²) in [6.07, 6.45) is 0. The molecule has 0 aliphatic rings. The van der Waals surface area contributed by atoms with Crippen LogP contribution in [0, 0.1) is 10.1 Å². The molecular weight excluding hydrogens is 238 g/mol. The summed E-state index contributed by atoms with van der Waals surface area (Å²) in [6, 6.07) is 4.66. The molecule has 0 saturated carbocycles. The normalized spacial score (nSPS) is 10.2. The Morgan fingerprint density at radius 2 is 2.22 bits per heavy atom. The number of nitrogens with zero attached hydrogens (tertiary/aromatic N) is 1. The van der Waals surface area contributed by atoms with Gasteiger partial charge in [-0.2, -0.15) is 0 Å². The zero-order chi connectivity index (χ0) is 13.7. The van der Waals surface area contributed by atoms with Crippen LogP contribution >= 0.6 is 0 Å². The molecule has 0 saturated heterocycles. The Hall–Kier alpha value is -2.15. The van der Waals surface area contributed by atoms with Crippen LogP contribution < -0.4 is 16.0 Å². The predicted octanol–water partition coefficient (Wildman–Crippen LogP) is 1.09. The molecule has 0 spiro atoms. The lowest BCUT2D eigenvalue weighted by Crippen LogP contribution is -2.34. The molecule has 1 aromatic rings. The monoisotopic (exact) mass is 253 g/mol. The number of nitrogens with two attached hydrogens (primary N) is 1. The third-order valence-corrected chi connectivity index (χ3v) is 2.37. The summed E-state index contributed by atoms with van der Waals surface area (Å²) in [5.41, 5.74) is 2.55. The van der Waals surface area contributed by atoms with E-state index in [1.54, 1.807) is 6.07 Å². The van der Waals surface area contributed by atoms with Crippen LogP contribution in [0.4, 0.5) is 5.69 Å². The van der Waals surface area contributed by atoms with E-state index in [0.29, 0.717) is 0 Å². The van der Waals surface area contributed by atoms with Gasteiger partial charge in [-0.15, -0.1) is 0 Å². The summed E-state index contributed by atoms with van der Waals surface area (Å²) >= 11 is 0. The number of nitrogens with one attached hydrogen (secondary N) is 1. The largest absolute Gasteiger partial charge is 0.477 e. The maximum absolute atomic E-state index is 10.9. The van der Waals surface area contributed by atoms with Crippen LogP contribution in [0.2, 0.25) is 0 Å². The molecule has 0 fully saturated rings. The lowest BCUT2D eigenvalue weighted by atomic mass is 10.0. The minimum Gasteiger partial charge on any atom is -0.477 e. The van der Waals surface area contributed by atoms with Crippen LogP contribution in [0.5, 0.6) is 5.75 Å². The Morgan fingerprint density at radius 1 is 1.56 bits per heavy atom. The summed E-state index contributed by atoms with van der Waals surface area (Å²) in [4.78, 5) is 21.3. The molecule has 0 unspecified atom stereocenters. The second kappa shape index (κ2) is 5.97.